The van der Waals surface area contributed by atoms with Gasteiger partial charge in [0.1, 0.15) is 11.4 Å². The van der Waals surface area contributed by atoms with Crippen LogP contribution in [0.5, 0.6) is 5.75 Å². The second kappa shape index (κ2) is 9.80. The molecule has 5 heteroatoms. The molecule has 44 heavy (non-hydrogen) atoms. The molecule has 0 heterocycles. The Balaban J connectivity index is 1.34. The summed E-state index contributed by atoms with van der Waals surface area (Å²) in [6.45, 7) is 16.2. The van der Waals surface area contributed by atoms with E-state index in [0.29, 0.717) is 17.9 Å². The number of rotatable bonds is 4. The van der Waals surface area contributed by atoms with Gasteiger partial charge < -0.3 is 15.3 Å². The third-order valence-corrected chi connectivity index (χ3v) is 15.0. The summed E-state index contributed by atoms with van der Waals surface area (Å²) in [6.07, 6.45) is 14.0. The lowest BCUT2D eigenvalue weighted by Gasteiger charge is -2.72. The molecule has 6 rings (SSSR count). The van der Waals surface area contributed by atoms with Gasteiger partial charge in [-0.15, -0.1) is 0 Å². The number of phenols is 1. The van der Waals surface area contributed by atoms with Crippen LogP contribution < -0.4 is 0 Å². The van der Waals surface area contributed by atoms with Crippen LogP contribution in [0.1, 0.15) is 118 Å². The molecule has 0 saturated heterocycles. The van der Waals surface area contributed by atoms with Gasteiger partial charge in [0.25, 0.3) is 0 Å². The van der Waals surface area contributed by atoms with Gasteiger partial charge in [-0.2, -0.15) is 0 Å². The summed E-state index contributed by atoms with van der Waals surface area (Å²) < 4.78 is 0. The first-order chi connectivity index (χ1) is 20.4. The minimum Gasteiger partial charge on any atom is -0.507 e. The Kier molecular flexibility index (Phi) is 7.03. The highest BCUT2D eigenvalue weighted by Gasteiger charge is 2.71. The van der Waals surface area contributed by atoms with Crippen LogP contribution in [-0.2, 0) is 9.59 Å². The van der Waals surface area contributed by atoms with E-state index in [2.05, 4.69) is 54.5 Å². The van der Waals surface area contributed by atoms with E-state index in [1.165, 1.54) is 11.6 Å². The summed E-state index contributed by atoms with van der Waals surface area (Å²) in [5.74, 6) is -0.110. The van der Waals surface area contributed by atoms with Crippen molar-refractivity contribution in [1.29, 1.82) is 0 Å². The first-order valence-corrected chi connectivity index (χ1v) is 17.0. The van der Waals surface area contributed by atoms with Crippen LogP contribution in [0.3, 0.4) is 0 Å². The van der Waals surface area contributed by atoms with Crippen LogP contribution in [0.15, 0.2) is 42.0 Å². The number of ketones is 1. The highest BCUT2D eigenvalue weighted by molar-refractivity contribution is 6.00. The zero-order valence-corrected chi connectivity index (χ0v) is 28.0. The molecule has 0 radical (unpaired) electrons. The molecule has 5 aliphatic carbocycles. The fourth-order valence-corrected chi connectivity index (χ4v) is 12.0. The Morgan fingerprint density at radius 1 is 0.864 bits per heavy atom. The van der Waals surface area contributed by atoms with Crippen molar-refractivity contribution in [2.75, 3.05) is 0 Å². The smallest absolute Gasteiger partial charge is 0.310 e. The average molecular weight is 603 g/mol. The SMILES string of the molecule is CC1(C)CC[C@]2(C(=O)O)CC[C@]3(C)C(=CC[C@@H]4[C@@]5(C)CC[C@@](O)(C(=O)C=Cc6ccccc6O)C(C)(C)[C@@H]5CC[C@]43C)[C@@H]2C1. The summed E-state index contributed by atoms with van der Waals surface area (Å²) >= 11 is 0. The number of carbonyl (C=O) groups is 2. The Hall–Kier alpha value is -2.40. The van der Waals surface area contributed by atoms with Crippen LogP contribution >= 0.6 is 0 Å². The Morgan fingerprint density at radius 3 is 2.23 bits per heavy atom. The number of hydrogen-bond acceptors (Lipinski definition) is 4. The lowest BCUT2D eigenvalue weighted by molar-refractivity contribution is -0.229. The van der Waals surface area contributed by atoms with Crippen molar-refractivity contribution in [2.45, 2.75) is 118 Å². The lowest BCUT2D eigenvalue weighted by Crippen LogP contribution is -2.68. The monoisotopic (exact) mass is 602 g/mol. The number of aromatic hydroxyl groups is 1. The number of aliphatic hydroxyl groups is 1. The Labute approximate surface area is 264 Å². The van der Waals surface area contributed by atoms with Crippen molar-refractivity contribution >= 4 is 17.8 Å². The summed E-state index contributed by atoms with van der Waals surface area (Å²) in [7, 11) is 0. The molecule has 0 amide bonds. The molecule has 4 fully saturated rings. The lowest BCUT2D eigenvalue weighted by atomic mass is 9.32. The number of allylic oxidation sites excluding steroid dienone is 2. The van der Waals surface area contributed by atoms with E-state index in [4.69, 9.17) is 0 Å². The summed E-state index contributed by atoms with van der Waals surface area (Å²) in [4.78, 5) is 26.7. The maximum atomic E-state index is 13.8. The number of para-hydroxylation sites is 1. The van der Waals surface area contributed by atoms with E-state index in [0.717, 1.165) is 57.8 Å². The third-order valence-electron chi connectivity index (χ3n) is 15.0. The van der Waals surface area contributed by atoms with E-state index in [9.17, 15) is 24.9 Å². The molecule has 5 nitrogen and oxygen atoms in total. The molecular weight excluding hydrogens is 548 g/mol. The molecule has 8 atom stereocenters. The number of carbonyl (C=O) groups excluding carboxylic acids is 1. The van der Waals surface area contributed by atoms with Gasteiger partial charge in [-0.1, -0.05) is 78.3 Å². The molecule has 0 unspecified atom stereocenters. The highest BCUT2D eigenvalue weighted by atomic mass is 16.4. The zero-order chi connectivity index (χ0) is 32.1. The summed E-state index contributed by atoms with van der Waals surface area (Å²) in [5, 5.41) is 33.0. The van der Waals surface area contributed by atoms with Crippen molar-refractivity contribution in [3.8, 4) is 5.75 Å². The van der Waals surface area contributed by atoms with E-state index in [1.807, 2.05) is 6.07 Å². The van der Waals surface area contributed by atoms with Gasteiger partial charge in [0.05, 0.1) is 5.41 Å². The quantitative estimate of drug-likeness (QED) is 0.237. The fourth-order valence-electron chi connectivity index (χ4n) is 12.0. The molecule has 0 aromatic heterocycles. The average Bonchev–Trinajstić information content (AvgIpc) is 2.94. The van der Waals surface area contributed by atoms with E-state index in [1.54, 1.807) is 24.3 Å². The molecule has 1 aromatic rings. The van der Waals surface area contributed by atoms with Gasteiger partial charge in [-0.3, -0.25) is 9.59 Å². The predicted molar refractivity (Wildman–Crippen MR) is 174 cm³/mol. The maximum absolute atomic E-state index is 13.8. The minimum atomic E-state index is -1.48. The number of phenolic OH excluding ortho intramolecular Hbond substituents is 1. The first kappa shape index (κ1) is 31.6. The molecular formula is C39H54O5. The molecule has 240 valence electrons. The second-order valence-electron chi connectivity index (χ2n) is 17.5. The van der Waals surface area contributed by atoms with Gasteiger partial charge in [-0.05, 0) is 122 Å². The van der Waals surface area contributed by atoms with Crippen molar-refractivity contribution in [3.05, 3.63) is 47.6 Å². The number of carboxylic acids is 1. The molecule has 5 aliphatic rings. The van der Waals surface area contributed by atoms with Crippen molar-refractivity contribution < 1.29 is 24.9 Å². The molecule has 4 saturated carbocycles. The van der Waals surface area contributed by atoms with Crippen LogP contribution in [0.25, 0.3) is 6.08 Å². The molecule has 0 bridgehead atoms. The van der Waals surface area contributed by atoms with Crippen LogP contribution in [0, 0.1) is 50.2 Å². The van der Waals surface area contributed by atoms with Crippen LogP contribution in [-0.4, -0.2) is 32.7 Å². The van der Waals surface area contributed by atoms with Gasteiger partial charge in [-0.25, -0.2) is 0 Å². The van der Waals surface area contributed by atoms with Crippen molar-refractivity contribution in [2.24, 2.45) is 50.2 Å². The Bertz CT molecular complexity index is 1440. The van der Waals surface area contributed by atoms with Gasteiger partial charge in [0, 0.05) is 11.0 Å². The summed E-state index contributed by atoms with van der Waals surface area (Å²) in [5.41, 5.74) is -0.713. The van der Waals surface area contributed by atoms with Gasteiger partial charge in [0.15, 0.2) is 5.78 Å². The highest BCUT2D eigenvalue weighted by Crippen LogP contribution is 2.76. The standard InChI is InChI=1S/C39H54O5/c1-33(2)18-21-38(32(42)43)22-20-36(6)26(27(38)24-33)13-14-30-35(5)19-23-39(44,34(3,4)29(35)16-17-37(30,36)7)31(41)15-12-25-10-8-9-11-28(25)40/h8-13,15,27,29-30,40,44H,14,16-24H2,1-7H3,(H,42,43)/t27-,29-,30+,35-,36+,37+,38-,39+/m0/s1. The van der Waals surface area contributed by atoms with Gasteiger partial charge in [0.2, 0.25) is 0 Å². The van der Waals surface area contributed by atoms with E-state index < -0.39 is 22.4 Å². The molecule has 0 spiro atoms. The number of aliphatic carboxylic acids is 1. The second-order valence-corrected chi connectivity index (χ2v) is 17.5. The molecule has 0 aliphatic heterocycles. The fraction of sp³-hybridized carbons (Fsp3) is 0.692. The van der Waals surface area contributed by atoms with E-state index >= 15 is 0 Å². The number of benzene rings is 1. The first-order valence-electron chi connectivity index (χ1n) is 17.0. The normalized spacial score (nSPS) is 44.0. The van der Waals surface area contributed by atoms with Gasteiger partial charge >= 0.3 is 5.97 Å². The topological polar surface area (TPSA) is 94.8 Å². The third kappa shape index (κ3) is 4.06. The number of hydrogen-bond donors (Lipinski definition) is 3. The molecule has 1 aromatic carbocycles. The number of fused-ring (bicyclic) bond motifs is 7. The summed E-state index contributed by atoms with van der Waals surface area (Å²) in [6, 6.07) is 6.93. The predicted octanol–water partition coefficient (Wildman–Crippen LogP) is 8.59. The van der Waals surface area contributed by atoms with Crippen LogP contribution in [0.4, 0.5) is 0 Å². The largest absolute Gasteiger partial charge is 0.507 e. The van der Waals surface area contributed by atoms with Crippen molar-refractivity contribution in [3.63, 3.8) is 0 Å². The number of carboxylic acid groups (broad SMARTS) is 1. The Morgan fingerprint density at radius 2 is 1.55 bits per heavy atom. The molecule has 3 N–H and O–H groups in total. The van der Waals surface area contributed by atoms with Crippen molar-refractivity contribution in [1.82, 2.24) is 0 Å². The zero-order valence-electron chi connectivity index (χ0n) is 28.0. The maximum Gasteiger partial charge on any atom is 0.310 e. The van der Waals surface area contributed by atoms with E-state index in [-0.39, 0.29) is 45.0 Å². The van der Waals surface area contributed by atoms with Crippen LogP contribution in [0.2, 0.25) is 0 Å². The minimum absolute atomic E-state index is 0.0227.